The SMILES string of the molecule is N#CC1CN(C(=O)NC(=O)C=CC(=O)O)CCO1. The molecular formula is C10H11N3O5. The molecule has 0 aromatic carbocycles. The number of amides is 3. The van der Waals surface area contributed by atoms with Crippen molar-refractivity contribution in [1.82, 2.24) is 10.2 Å². The van der Waals surface area contributed by atoms with Gasteiger partial charge in [0.15, 0.2) is 6.10 Å². The molecule has 1 fully saturated rings. The number of nitrogens with one attached hydrogen (secondary N) is 1. The molecule has 8 nitrogen and oxygen atoms in total. The number of imide groups is 1. The molecule has 1 aliphatic heterocycles. The Bertz CT molecular complexity index is 426. The van der Waals surface area contributed by atoms with E-state index in [9.17, 15) is 14.4 Å². The van der Waals surface area contributed by atoms with Crippen molar-refractivity contribution in [3.05, 3.63) is 12.2 Å². The summed E-state index contributed by atoms with van der Waals surface area (Å²) in [6.45, 7) is 0.545. The maximum atomic E-state index is 11.6. The van der Waals surface area contributed by atoms with Gasteiger partial charge in [-0.3, -0.25) is 10.1 Å². The number of nitrogens with zero attached hydrogens (tertiary/aromatic N) is 2. The number of morpholine rings is 1. The fourth-order valence-electron chi connectivity index (χ4n) is 1.28. The van der Waals surface area contributed by atoms with Gasteiger partial charge < -0.3 is 14.7 Å². The molecular weight excluding hydrogens is 242 g/mol. The lowest BCUT2D eigenvalue weighted by molar-refractivity contribution is -0.131. The van der Waals surface area contributed by atoms with Gasteiger partial charge in [0, 0.05) is 18.7 Å². The van der Waals surface area contributed by atoms with E-state index in [1.165, 1.54) is 4.90 Å². The van der Waals surface area contributed by atoms with E-state index in [0.29, 0.717) is 6.08 Å². The summed E-state index contributed by atoms with van der Waals surface area (Å²) in [5.41, 5.74) is 0. The number of carboxylic acid groups (broad SMARTS) is 1. The van der Waals surface area contributed by atoms with E-state index in [1.54, 1.807) is 0 Å². The van der Waals surface area contributed by atoms with E-state index in [-0.39, 0.29) is 19.7 Å². The Morgan fingerprint density at radius 3 is 2.78 bits per heavy atom. The number of aliphatic carboxylic acids is 1. The number of carbonyl (C=O) groups excluding carboxylic acids is 2. The summed E-state index contributed by atoms with van der Waals surface area (Å²) >= 11 is 0. The van der Waals surface area contributed by atoms with Gasteiger partial charge in [0.25, 0.3) is 5.91 Å². The van der Waals surface area contributed by atoms with Crippen LogP contribution >= 0.6 is 0 Å². The predicted molar refractivity (Wildman–Crippen MR) is 57.2 cm³/mol. The first-order valence-corrected chi connectivity index (χ1v) is 5.05. The van der Waals surface area contributed by atoms with Gasteiger partial charge in [-0.25, -0.2) is 9.59 Å². The average Bonchev–Trinajstić information content (AvgIpc) is 2.36. The molecule has 8 heteroatoms. The zero-order chi connectivity index (χ0) is 13.5. The van der Waals surface area contributed by atoms with Crippen molar-refractivity contribution < 1.29 is 24.2 Å². The van der Waals surface area contributed by atoms with Gasteiger partial charge in [0.05, 0.1) is 19.2 Å². The molecule has 18 heavy (non-hydrogen) atoms. The Balaban J connectivity index is 2.48. The highest BCUT2D eigenvalue weighted by molar-refractivity contribution is 6.02. The summed E-state index contributed by atoms with van der Waals surface area (Å²) in [4.78, 5) is 34.1. The second kappa shape index (κ2) is 6.36. The van der Waals surface area contributed by atoms with Gasteiger partial charge in [0.2, 0.25) is 0 Å². The lowest BCUT2D eigenvalue weighted by Gasteiger charge is -2.29. The molecule has 0 radical (unpaired) electrons. The van der Waals surface area contributed by atoms with Crippen LogP contribution in [0, 0.1) is 11.3 Å². The third-order valence-electron chi connectivity index (χ3n) is 2.11. The van der Waals surface area contributed by atoms with Gasteiger partial charge >= 0.3 is 12.0 Å². The molecule has 1 heterocycles. The minimum absolute atomic E-state index is 0.0677. The molecule has 1 rings (SSSR count). The molecule has 0 spiro atoms. The van der Waals surface area contributed by atoms with Crippen molar-refractivity contribution in [3.8, 4) is 6.07 Å². The fraction of sp³-hybridized carbons (Fsp3) is 0.400. The summed E-state index contributed by atoms with van der Waals surface area (Å²) in [5.74, 6) is -2.11. The van der Waals surface area contributed by atoms with Crippen molar-refractivity contribution in [3.63, 3.8) is 0 Å². The number of ether oxygens (including phenoxy) is 1. The molecule has 0 aliphatic carbocycles. The lowest BCUT2D eigenvalue weighted by atomic mass is 10.3. The Labute approximate surface area is 102 Å². The van der Waals surface area contributed by atoms with Crippen LogP contribution in [0.1, 0.15) is 0 Å². The van der Waals surface area contributed by atoms with Gasteiger partial charge in [0.1, 0.15) is 0 Å². The molecule has 1 saturated heterocycles. The van der Waals surface area contributed by atoms with Crippen LogP contribution < -0.4 is 5.32 Å². The summed E-state index contributed by atoms with van der Waals surface area (Å²) in [7, 11) is 0. The summed E-state index contributed by atoms with van der Waals surface area (Å²) in [6, 6.07) is 1.18. The first-order chi connectivity index (χ1) is 8.52. The van der Waals surface area contributed by atoms with Crippen LogP contribution in [0.2, 0.25) is 0 Å². The smallest absolute Gasteiger partial charge is 0.328 e. The Morgan fingerprint density at radius 1 is 1.44 bits per heavy atom. The number of carbonyl (C=O) groups is 3. The normalized spacial score (nSPS) is 19.3. The van der Waals surface area contributed by atoms with Crippen LogP contribution in [-0.2, 0) is 14.3 Å². The van der Waals surface area contributed by atoms with E-state index in [4.69, 9.17) is 15.1 Å². The molecule has 1 unspecified atom stereocenters. The zero-order valence-electron chi connectivity index (χ0n) is 9.33. The second-order valence-electron chi connectivity index (χ2n) is 3.40. The molecule has 0 aromatic rings. The number of urea groups is 1. The molecule has 0 aromatic heterocycles. The van der Waals surface area contributed by atoms with E-state index in [1.807, 2.05) is 11.4 Å². The summed E-state index contributed by atoms with van der Waals surface area (Å²) < 4.78 is 5.03. The molecule has 0 saturated carbocycles. The largest absolute Gasteiger partial charge is 0.478 e. The Morgan fingerprint density at radius 2 is 2.17 bits per heavy atom. The third-order valence-corrected chi connectivity index (χ3v) is 2.11. The van der Waals surface area contributed by atoms with Crippen LogP contribution in [0.5, 0.6) is 0 Å². The van der Waals surface area contributed by atoms with Crippen LogP contribution in [0.25, 0.3) is 0 Å². The first-order valence-electron chi connectivity index (χ1n) is 5.05. The summed E-state index contributed by atoms with van der Waals surface area (Å²) in [6.07, 6.45) is 0.650. The minimum atomic E-state index is -1.28. The number of nitriles is 1. The topological polar surface area (TPSA) is 120 Å². The van der Waals surface area contributed by atoms with Gasteiger partial charge in [-0.15, -0.1) is 0 Å². The maximum Gasteiger partial charge on any atom is 0.328 e. The number of rotatable bonds is 2. The van der Waals surface area contributed by atoms with Gasteiger partial charge in [-0.2, -0.15) is 5.26 Å². The van der Waals surface area contributed by atoms with Crippen LogP contribution in [0.3, 0.4) is 0 Å². The first kappa shape index (κ1) is 13.7. The monoisotopic (exact) mass is 253 g/mol. The standard InChI is InChI=1S/C10H11N3O5/c11-5-7-6-13(3-4-18-7)10(17)12-8(14)1-2-9(15)16/h1-2,7H,3-4,6H2,(H,15,16)(H,12,14,17). The van der Waals surface area contributed by atoms with Crippen molar-refractivity contribution in [2.24, 2.45) is 0 Å². The average molecular weight is 253 g/mol. The van der Waals surface area contributed by atoms with E-state index in [0.717, 1.165) is 6.08 Å². The molecule has 0 bridgehead atoms. The fourth-order valence-corrected chi connectivity index (χ4v) is 1.28. The van der Waals surface area contributed by atoms with Crippen LogP contribution in [0.4, 0.5) is 4.79 Å². The second-order valence-corrected chi connectivity index (χ2v) is 3.40. The highest BCUT2D eigenvalue weighted by Gasteiger charge is 2.24. The predicted octanol–water partition coefficient (Wildman–Crippen LogP) is -0.912. The van der Waals surface area contributed by atoms with E-state index in [2.05, 4.69) is 0 Å². The Hall–Kier alpha value is -2.40. The number of hydrogen-bond donors (Lipinski definition) is 2. The minimum Gasteiger partial charge on any atom is -0.478 e. The van der Waals surface area contributed by atoms with E-state index >= 15 is 0 Å². The van der Waals surface area contributed by atoms with Gasteiger partial charge in [-0.05, 0) is 0 Å². The zero-order valence-corrected chi connectivity index (χ0v) is 9.33. The number of carboxylic acids is 1. The lowest BCUT2D eigenvalue weighted by Crippen LogP contribution is -2.50. The number of hydrogen-bond acceptors (Lipinski definition) is 5. The third kappa shape index (κ3) is 4.23. The maximum absolute atomic E-state index is 11.6. The van der Waals surface area contributed by atoms with E-state index < -0.39 is 24.0 Å². The van der Waals surface area contributed by atoms with Crippen LogP contribution in [-0.4, -0.2) is 53.7 Å². The molecule has 96 valence electrons. The molecule has 2 N–H and O–H groups in total. The molecule has 1 atom stereocenters. The van der Waals surface area contributed by atoms with Crippen molar-refractivity contribution in [1.29, 1.82) is 5.26 Å². The molecule has 1 aliphatic rings. The summed E-state index contributed by atoms with van der Waals surface area (Å²) in [5, 5.41) is 18.9. The highest BCUT2D eigenvalue weighted by atomic mass is 16.5. The highest BCUT2D eigenvalue weighted by Crippen LogP contribution is 2.04. The van der Waals surface area contributed by atoms with Crippen molar-refractivity contribution in [2.75, 3.05) is 19.7 Å². The molecule has 3 amide bonds. The Kier molecular flexibility index (Phi) is 4.83. The van der Waals surface area contributed by atoms with Crippen molar-refractivity contribution >= 4 is 17.9 Å². The van der Waals surface area contributed by atoms with Crippen LogP contribution in [0.15, 0.2) is 12.2 Å². The van der Waals surface area contributed by atoms with Gasteiger partial charge in [-0.1, -0.05) is 0 Å². The quantitative estimate of drug-likeness (QED) is 0.614. The van der Waals surface area contributed by atoms with Crippen molar-refractivity contribution in [2.45, 2.75) is 6.10 Å².